The predicted octanol–water partition coefficient (Wildman–Crippen LogP) is 5.24. The van der Waals surface area contributed by atoms with Crippen LogP contribution in [-0.4, -0.2) is 0 Å². The number of hydrogen-bond donors (Lipinski definition) is 2. The molecule has 2 aromatic rings. The van der Waals surface area contributed by atoms with Gasteiger partial charge in [0.2, 0.25) is 0 Å². The number of benzene rings is 2. The van der Waals surface area contributed by atoms with E-state index in [0.717, 1.165) is 0 Å². The van der Waals surface area contributed by atoms with E-state index in [1.807, 2.05) is 0 Å². The molecule has 2 aromatic carbocycles. The molecule has 0 bridgehead atoms. The quantitative estimate of drug-likeness (QED) is 0.744. The van der Waals surface area contributed by atoms with Crippen LogP contribution in [0.15, 0.2) is 30.3 Å². The third kappa shape index (κ3) is 3.38. The molecular weight excluding hydrogens is 307 g/mol. The molecule has 4 N–H and O–H groups in total. The maximum atomic E-state index is 6.01. The van der Waals surface area contributed by atoms with Gasteiger partial charge in [-0.1, -0.05) is 48.3 Å². The Kier molecular flexibility index (Phi) is 5.18. The average Bonchev–Trinajstić information content (AvgIpc) is 2.32. The lowest BCUT2D eigenvalue weighted by molar-refractivity contribution is 0.483. The zero-order valence-corrected chi connectivity index (χ0v) is 11.4. The smallest absolute Gasteiger partial charge is 0.148 e. The molecule has 0 aliphatic carbocycles. The van der Waals surface area contributed by atoms with Gasteiger partial charge in [0.25, 0.3) is 0 Å². The summed E-state index contributed by atoms with van der Waals surface area (Å²) in [4.78, 5) is 0. The average molecular weight is 320 g/mol. The van der Waals surface area contributed by atoms with Crippen molar-refractivity contribution in [1.29, 1.82) is 0 Å². The van der Waals surface area contributed by atoms with E-state index in [9.17, 15) is 0 Å². The topological polar surface area (TPSA) is 61.3 Å². The minimum atomic E-state index is 0. The third-order valence-corrected chi connectivity index (χ3v) is 3.37. The number of nitrogens with two attached hydrogens (primary N) is 2. The van der Waals surface area contributed by atoms with Crippen molar-refractivity contribution in [3.05, 3.63) is 45.4 Å². The second-order valence-corrected chi connectivity index (χ2v) is 4.76. The summed E-state index contributed by atoms with van der Waals surface area (Å²) >= 11 is 17.9. The number of nitrogen functional groups attached to an aromatic ring is 2. The molecule has 102 valence electrons. The molecule has 0 aromatic heterocycles. The number of anilines is 2. The minimum absolute atomic E-state index is 0. The molecule has 0 amide bonds. The molecule has 2 rings (SSSR count). The van der Waals surface area contributed by atoms with E-state index in [0.29, 0.717) is 37.9 Å². The maximum Gasteiger partial charge on any atom is 0.148 e. The van der Waals surface area contributed by atoms with Gasteiger partial charge < -0.3 is 16.2 Å². The zero-order chi connectivity index (χ0) is 13.3. The van der Waals surface area contributed by atoms with Crippen LogP contribution >= 0.6 is 34.8 Å². The summed E-state index contributed by atoms with van der Waals surface area (Å²) in [5.74, 6) is 0.766. The zero-order valence-electron chi connectivity index (χ0n) is 9.08. The van der Waals surface area contributed by atoms with Crippen molar-refractivity contribution >= 4 is 46.2 Å². The Bertz CT molecular complexity index is 603. The standard InChI is InChI=1S/C12H9Cl3N2O.CH4/c13-6-2-1-3-10(12(6)15)18-11-5-9(17)8(16)4-7(11)14;/h1-5H,16-17H2;1H4. The van der Waals surface area contributed by atoms with Crippen LogP contribution < -0.4 is 16.2 Å². The molecular formula is C13H13Cl3N2O. The van der Waals surface area contributed by atoms with Gasteiger partial charge in [0.15, 0.2) is 0 Å². The Morgan fingerprint density at radius 3 is 2.16 bits per heavy atom. The third-order valence-electron chi connectivity index (χ3n) is 2.27. The van der Waals surface area contributed by atoms with Gasteiger partial charge in [-0.05, 0) is 18.2 Å². The Labute approximate surface area is 127 Å². The highest BCUT2D eigenvalue weighted by molar-refractivity contribution is 6.43. The van der Waals surface area contributed by atoms with Crippen molar-refractivity contribution in [2.45, 2.75) is 7.43 Å². The van der Waals surface area contributed by atoms with Gasteiger partial charge in [-0.15, -0.1) is 0 Å². The molecule has 0 spiro atoms. The Hall–Kier alpha value is -1.29. The lowest BCUT2D eigenvalue weighted by atomic mass is 10.2. The fourth-order valence-corrected chi connectivity index (χ4v) is 1.89. The molecule has 0 unspecified atom stereocenters. The lowest BCUT2D eigenvalue weighted by Crippen LogP contribution is -1.96. The summed E-state index contributed by atoms with van der Waals surface area (Å²) in [6, 6.07) is 8.12. The van der Waals surface area contributed by atoms with E-state index < -0.39 is 0 Å². The van der Waals surface area contributed by atoms with E-state index in [4.69, 9.17) is 51.0 Å². The van der Waals surface area contributed by atoms with E-state index in [1.165, 1.54) is 12.1 Å². The summed E-state index contributed by atoms with van der Waals surface area (Å²) in [6.07, 6.45) is 0. The number of hydrogen-bond acceptors (Lipinski definition) is 3. The van der Waals surface area contributed by atoms with Crippen molar-refractivity contribution in [3.8, 4) is 11.5 Å². The molecule has 0 heterocycles. The van der Waals surface area contributed by atoms with E-state index in [1.54, 1.807) is 18.2 Å². The summed E-state index contributed by atoms with van der Waals surface area (Å²) in [5, 5.41) is 1.05. The van der Waals surface area contributed by atoms with Crippen molar-refractivity contribution in [3.63, 3.8) is 0 Å². The molecule has 0 aliphatic rings. The summed E-state index contributed by atoms with van der Waals surface area (Å²) in [5.41, 5.74) is 12.1. The van der Waals surface area contributed by atoms with Crippen molar-refractivity contribution in [2.75, 3.05) is 11.5 Å². The molecule has 0 radical (unpaired) electrons. The van der Waals surface area contributed by atoms with Gasteiger partial charge in [-0.25, -0.2) is 0 Å². The molecule has 0 aliphatic heterocycles. The molecule has 0 saturated heterocycles. The van der Waals surface area contributed by atoms with Crippen molar-refractivity contribution in [2.24, 2.45) is 0 Å². The molecule has 0 atom stereocenters. The highest BCUT2D eigenvalue weighted by Crippen LogP contribution is 2.39. The first kappa shape index (κ1) is 15.8. The van der Waals surface area contributed by atoms with Gasteiger partial charge >= 0.3 is 0 Å². The van der Waals surface area contributed by atoms with E-state index in [2.05, 4.69) is 0 Å². The van der Waals surface area contributed by atoms with Gasteiger partial charge in [-0.2, -0.15) is 0 Å². The second-order valence-electron chi connectivity index (χ2n) is 3.57. The Morgan fingerprint density at radius 1 is 0.842 bits per heavy atom. The van der Waals surface area contributed by atoms with Crippen molar-refractivity contribution in [1.82, 2.24) is 0 Å². The van der Waals surface area contributed by atoms with E-state index in [-0.39, 0.29) is 7.43 Å². The second kappa shape index (κ2) is 6.24. The molecule has 19 heavy (non-hydrogen) atoms. The van der Waals surface area contributed by atoms with Crippen LogP contribution in [0.25, 0.3) is 0 Å². The molecule has 0 fully saturated rings. The molecule has 0 saturated carbocycles. The van der Waals surface area contributed by atoms with Crippen molar-refractivity contribution < 1.29 is 4.74 Å². The van der Waals surface area contributed by atoms with Gasteiger partial charge in [0.05, 0.1) is 21.4 Å². The van der Waals surface area contributed by atoms with Crippen LogP contribution in [-0.2, 0) is 0 Å². The van der Waals surface area contributed by atoms with E-state index >= 15 is 0 Å². The SMILES string of the molecule is C.Nc1cc(Cl)c(Oc2cccc(Cl)c2Cl)cc1N. The molecule has 3 nitrogen and oxygen atoms in total. The first-order valence-corrected chi connectivity index (χ1v) is 6.09. The first-order chi connectivity index (χ1) is 8.49. The number of halogens is 3. The maximum absolute atomic E-state index is 6.01. The normalized spacial score (nSPS) is 9.84. The van der Waals surface area contributed by atoms with Crippen LogP contribution in [0.4, 0.5) is 11.4 Å². The summed E-state index contributed by atoms with van der Waals surface area (Å²) < 4.78 is 5.57. The fraction of sp³-hybridized carbons (Fsp3) is 0.0769. The van der Waals surface area contributed by atoms with Crippen LogP contribution in [0.5, 0.6) is 11.5 Å². The van der Waals surface area contributed by atoms with Gasteiger partial charge in [0.1, 0.15) is 16.5 Å². The molecule has 6 heteroatoms. The largest absolute Gasteiger partial charge is 0.454 e. The summed E-state index contributed by atoms with van der Waals surface area (Å²) in [6.45, 7) is 0. The van der Waals surface area contributed by atoms with Crippen LogP contribution in [0.2, 0.25) is 15.1 Å². The lowest BCUT2D eigenvalue weighted by Gasteiger charge is -2.11. The number of rotatable bonds is 2. The van der Waals surface area contributed by atoms with Crippen LogP contribution in [0.3, 0.4) is 0 Å². The minimum Gasteiger partial charge on any atom is -0.454 e. The monoisotopic (exact) mass is 318 g/mol. The highest BCUT2D eigenvalue weighted by atomic mass is 35.5. The van der Waals surface area contributed by atoms with Gasteiger partial charge in [0, 0.05) is 6.07 Å². The van der Waals surface area contributed by atoms with Crippen LogP contribution in [0, 0.1) is 0 Å². The fourth-order valence-electron chi connectivity index (χ4n) is 1.34. The Morgan fingerprint density at radius 2 is 1.47 bits per heavy atom. The van der Waals surface area contributed by atoms with Gasteiger partial charge in [-0.3, -0.25) is 0 Å². The van der Waals surface area contributed by atoms with Crippen LogP contribution in [0.1, 0.15) is 7.43 Å². The number of ether oxygens (including phenoxy) is 1. The predicted molar refractivity (Wildman–Crippen MR) is 83.5 cm³/mol. The summed E-state index contributed by atoms with van der Waals surface area (Å²) in [7, 11) is 0. The highest BCUT2D eigenvalue weighted by Gasteiger charge is 2.10. The Balaban J connectivity index is 0.00000180. The first-order valence-electron chi connectivity index (χ1n) is 4.95.